The Bertz CT molecular complexity index is 1150. The Morgan fingerprint density at radius 1 is 1.18 bits per heavy atom. The van der Waals surface area contributed by atoms with E-state index in [1.165, 1.54) is 0 Å². The van der Waals surface area contributed by atoms with Gasteiger partial charge in [-0.25, -0.2) is 9.97 Å². The number of nitrogen functional groups attached to an aromatic ring is 1. The first-order valence-electron chi connectivity index (χ1n) is 10.7. The molecular weight excluding hydrogens is 414 g/mol. The minimum Gasteiger partial charge on any atom is -0.494 e. The maximum atomic E-state index is 6.38. The number of ether oxygens (including phenoxy) is 1. The number of nitrogens with zero attached hydrogens (tertiary/aromatic N) is 5. The molecule has 33 heavy (non-hydrogen) atoms. The SMILES string of the molecule is C=Cc1c(-c2ccnc(Nc3cc(N)c(N(C)CCN(C)C)cc3OC)n2)cn(C)c1C=C. The van der Waals surface area contributed by atoms with Crippen LogP contribution in [0.4, 0.5) is 23.0 Å². The Kier molecular flexibility index (Phi) is 7.40. The number of nitrogens with two attached hydrogens (primary N) is 1. The number of anilines is 4. The molecule has 8 nitrogen and oxygen atoms in total. The highest BCUT2D eigenvalue weighted by molar-refractivity contribution is 5.81. The fraction of sp³-hybridized carbons (Fsp3) is 0.280. The first-order chi connectivity index (χ1) is 15.8. The van der Waals surface area contributed by atoms with Gasteiger partial charge in [0.15, 0.2) is 0 Å². The van der Waals surface area contributed by atoms with Crippen molar-refractivity contribution in [1.29, 1.82) is 0 Å². The molecule has 1 aromatic carbocycles. The Balaban J connectivity index is 1.92. The molecule has 0 amide bonds. The van der Waals surface area contributed by atoms with Crippen LogP contribution in [0.3, 0.4) is 0 Å². The fourth-order valence-electron chi connectivity index (χ4n) is 3.68. The van der Waals surface area contributed by atoms with Gasteiger partial charge in [0.2, 0.25) is 5.95 Å². The highest BCUT2D eigenvalue weighted by atomic mass is 16.5. The van der Waals surface area contributed by atoms with Crippen molar-refractivity contribution >= 4 is 35.2 Å². The molecule has 8 heteroatoms. The van der Waals surface area contributed by atoms with Gasteiger partial charge in [0.25, 0.3) is 0 Å². The van der Waals surface area contributed by atoms with Crippen LogP contribution in [0.15, 0.2) is 43.8 Å². The normalized spacial score (nSPS) is 10.8. The lowest BCUT2D eigenvalue weighted by Crippen LogP contribution is -2.29. The number of hydrogen-bond acceptors (Lipinski definition) is 7. The second-order valence-corrected chi connectivity index (χ2v) is 8.09. The minimum atomic E-state index is 0.443. The van der Waals surface area contributed by atoms with Crippen LogP contribution in [-0.4, -0.2) is 60.8 Å². The van der Waals surface area contributed by atoms with Gasteiger partial charge in [0.05, 0.1) is 29.9 Å². The molecule has 174 valence electrons. The van der Waals surface area contributed by atoms with Crippen LogP contribution in [0.1, 0.15) is 11.3 Å². The summed E-state index contributed by atoms with van der Waals surface area (Å²) in [7, 11) is 9.71. The molecule has 0 aliphatic rings. The van der Waals surface area contributed by atoms with Crippen molar-refractivity contribution in [2.75, 3.05) is 57.3 Å². The van der Waals surface area contributed by atoms with Gasteiger partial charge in [-0.15, -0.1) is 0 Å². The Hall–Kier alpha value is -3.78. The number of methoxy groups -OCH3 is 1. The topological polar surface area (TPSA) is 84.5 Å². The average Bonchev–Trinajstić information content (AvgIpc) is 3.13. The van der Waals surface area contributed by atoms with Crippen molar-refractivity contribution in [3.8, 4) is 17.0 Å². The summed E-state index contributed by atoms with van der Waals surface area (Å²) in [5.41, 5.74) is 12.3. The summed E-state index contributed by atoms with van der Waals surface area (Å²) in [6, 6.07) is 5.65. The van der Waals surface area contributed by atoms with E-state index < -0.39 is 0 Å². The van der Waals surface area contributed by atoms with Gasteiger partial charge in [0, 0.05) is 62.5 Å². The van der Waals surface area contributed by atoms with Crippen LogP contribution < -0.4 is 20.7 Å². The lowest BCUT2D eigenvalue weighted by molar-refractivity contribution is 0.413. The van der Waals surface area contributed by atoms with Crippen molar-refractivity contribution in [1.82, 2.24) is 19.4 Å². The summed E-state index contributed by atoms with van der Waals surface area (Å²) >= 11 is 0. The zero-order valence-electron chi connectivity index (χ0n) is 20.1. The van der Waals surface area contributed by atoms with Gasteiger partial charge >= 0.3 is 0 Å². The van der Waals surface area contributed by atoms with Gasteiger partial charge in [0.1, 0.15) is 5.75 Å². The lowest BCUT2D eigenvalue weighted by Gasteiger charge is -2.24. The summed E-state index contributed by atoms with van der Waals surface area (Å²) in [5.74, 6) is 1.10. The first-order valence-corrected chi connectivity index (χ1v) is 10.7. The van der Waals surface area contributed by atoms with Gasteiger partial charge < -0.3 is 30.2 Å². The van der Waals surface area contributed by atoms with E-state index in [9.17, 15) is 0 Å². The van der Waals surface area contributed by atoms with E-state index in [1.807, 2.05) is 69.3 Å². The van der Waals surface area contributed by atoms with Gasteiger partial charge in [-0.3, -0.25) is 0 Å². The molecule has 0 spiro atoms. The third-order valence-corrected chi connectivity index (χ3v) is 5.49. The van der Waals surface area contributed by atoms with E-state index >= 15 is 0 Å². The lowest BCUT2D eigenvalue weighted by atomic mass is 10.1. The summed E-state index contributed by atoms with van der Waals surface area (Å²) in [6.45, 7) is 9.61. The first kappa shape index (κ1) is 23.9. The molecule has 0 saturated heterocycles. The number of rotatable bonds is 10. The molecule has 3 N–H and O–H groups in total. The molecule has 0 bridgehead atoms. The van der Waals surface area contributed by atoms with E-state index in [2.05, 4.69) is 33.3 Å². The number of aromatic nitrogens is 3. The largest absolute Gasteiger partial charge is 0.494 e. The highest BCUT2D eigenvalue weighted by Gasteiger charge is 2.16. The van der Waals surface area contributed by atoms with E-state index in [0.717, 1.165) is 41.3 Å². The van der Waals surface area contributed by atoms with E-state index in [4.69, 9.17) is 15.5 Å². The molecule has 0 saturated carbocycles. The van der Waals surface area contributed by atoms with Crippen LogP contribution in [0.2, 0.25) is 0 Å². The summed E-state index contributed by atoms with van der Waals surface area (Å²) < 4.78 is 7.64. The average molecular weight is 448 g/mol. The molecule has 3 aromatic rings. The molecule has 0 aliphatic carbocycles. The van der Waals surface area contributed by atoms with Crippen molar-refractivity contribution < 1.29 is 4.74 Å². The van der Waals surface area contributed by atoms with E-state index in [0.29, 0.717) is 23.1 Å². The summed E-state index contributed by atoms with van der Waals surface area (Å²) in [4.78, 5) is 13.4. The molecule has 0 radical (unpaired) electrons. The molecule has 0 aliphatic heterocycles. The van der Waals surface area contributed by atoms with Gasteiger partial charge in [-0.05, 0) is 32.3 Å². The van der Waals surface area contributed by atoms with Crippen LogP contribution in [0.25, 0.3) is 23.4 Å². The molecule has 2 aromatic heterocycles. The van der Waals surface area contributed by atoms with Crippen LogP contribution in [0, 0.1) is 0 Å². The van der Waals surface area contributed by atoms with E-state index in [1.54, 1.807) is 13.3 Å². The maximum Gasteiger partial charge on any atom is 0.227 e. The summed E-state index contributed by atoms with van der Waals surface area (Å²) in [6.07, 6.45) is 7.36. The minimum absolute atomic E-state index is 0.443. The fourth-order valence-corrected chi connectivity index (χ4v) is 3.68. The molecule has 3 rings (SSSR count). The second-order valence-electron chi connectivity index (χ2n) is 8.09. The molecule has 0 atom stereocenters. The molecular formula is C25H33N7O. The smallest absolute Gasteiger partial charge is 0.227 e. The van der Waals surface area contributed by atoms with Gasteiger partial charge in [-0.2, -0.15) is 0 Å². The zero-order chi connectivity index (χ0) is 24.1. The van der Waals surface area contributed by atoms with Crippen LogP contribution in [-0.2, 0) is 7.05 Å². The summed E-state index contributed by atoms with van der Waals surface area (Å²) in [5, 5.41) is 3.26. The number of benzene rings is 1. The molecule has 0 unspecified atom stereocenters. The second kappa shape index (κ2) is 10.2. The van der Waals surface area contributed by atoms with Crippen LogP contribution >= 0.6 is 0 Å². The third-order valence-electron chi connectivity index (χ3n) is 5.49. The maximum absolute atomic E-state index is 6.38. The molecule has 0 fully saturated rings. The Morgan fingerprint density at radius 3 is 2.58 bits per heavy atom. The van der Waals surface area contributed by atoms with Crippen molar-refractivity contribution in [2.24, 2.45) is 7.05 Å². The van der Waals surface area contributed by atoms with Crippen molar-refractivity contribution in [2.45, 2.75) is 0 Å². The highest BCUT2D eigenvalue weighted by Crippen LogP contribution is 2.36. The number of likely N-dealkylation sites (N-methyl/N-ethyl adjacent to an activating group) is 2. The van der Waals surface area contributed by atoms with Crippen molar-refractivity contribution in [3.63, 3.8) is 0 Å². The molecule has 2 heterocycles. The number of hydrogen-bond donors (Lipinski definition) is 2. The Morgan fingerprint density at radius 2 is 1.94 bits per heavy atom. The predicted molar refractivity (Wildman–Crippen MR) is 139 cm³/mol. The number of aryl methyl sites for hydroxylation is 1. The Labute approximate surface area is 196 Å². The predicted octanol–water partition coefficient (Wildman–Crippen LogP) is 4.10. The standard InChI is InChI=1S/C25H33N7O/c1-8-17-18(16-32(6)22(17)9-2)20-10-11-27-25(28-20)29-21-14-19(26)23(15-24(21)33-7)31(5)13-12-30(3)4/h8-11,14-16H,1-2,12-13,26H2,3-7H3,(H,27,28,29). The van der Waals surface area contributed by atoms with E-state index in [-0.39, 0.29) is 0 Å². The third kappa shape index (κ3) is 5.18. The monoisotopic (exact) mass is 447 g/mol. The quantitative estimate of drug-likeness (QED) is 0.453. The zero-order valence-corrected chi connectivity index (χ0v) is 20.1. The number of nitrogens with one attached hydrogen (secondary N) is 1. The van der Waals surface area contributed by atoms with Gasteiger partial charge in [-0.1, -0.05) is 19.2 Å². The van der Waals surface area contributed by atoms with Crippen LogP contribution in [0.5, 0.6) is 5.75 Å². The van der Waals surface area contributed by atoms with Crippen molar-refractivity contribution in [3.05, 3.63) is 55.0 Å².